The van der Waals surface area contributed by atoms with Crippen LogP contribution >= 0.6 is 0 Å². The maximum absolute atomic E-state index is 16.1. The number of hydrogen-bond donors (Lipinski definition) is 1. The quantitative estimate of drug-likeness (QED) is 0.211. The molecule has 0 spiro atoms. The van der Waals surface area contributed by atoms with Gasteiger partial charge in [-0.25, -0.2) is 8.78 Å². The average Bonchev–Trinajstić information content (AvgIpc) is 3.73. The summed E-state index contributed by atoms with van der Waals surface area (Å²) in [5, 5.41) is 5.23. The first kappa shape index (κ1) is 31.1. The van der Waals surface area contributed by atoms with E-state index in [-0.39, 0.29) is 22.8 Å². The van der Waals surface area contributed by atoms with Crippen molar-refractivity contribution in [3.05, 3.63) is 53.7 Å². The molecule has 2 aromatic carbocycles. The van der Waals surface area contributed by atoms with E-state index in [9.17, 15) is 4.39 Å². The van der Waals surface area contributed by atoms with E-state index >= 15 is 4.39 Å². The number of anilines is 1. The van der Waals surface area contributed by atoms with E-state index in [1.807, 2.05) is 13.8 Å². The van der Waals surface area contributed by atoms with Gasteiger partial charge < -0.3 is 19.4 Å². The zero-order valence-corrected chi connectivity index (χ0v) is 26.7. The molecule has 7 nitrogen and oxygen atoms in total. The van der Waals surface area contributed by atoms with Crippen LogP contribution in [0, 0.1) is 24.0 Å². The molecular formula is C36H43F2N6O+. The number of aromatic nitrogens is 3. The number of halogens is 2. The number of nitrogens with one attached hydrogen (secondary N) is 1. The molecule has 1 N–H and O–H groups in total. The minimum absolute atomic E-state index is 0.0484. The van der Waals surface area contributed by atoms with Crippen LogP contribution in [-0.4, -0.2) is 77.9 Å². The Labute approximate surface area is 264 Å². The molecule has 2 bridgehead atoms. The first-order valence-electron chi connectivity index (χ1n) is 16.3. The summed E-state index contributed by atoms with van der Waals surface area (Å²) >= 11 is 0. The first-order chi connectivity index (χ1) is 21.9. The molecule has 4 saturated heterocycles. The molecule has 4 aliphatic rings. The molecule has 45 heavy (non-hydrogen) atoms. The third-order valence-electron chi connectivity index (χ3n) is 10.0. The van der Waals surface area contributed by atoms with E-state index in [0.29, 0.717) is 39.6 Å². The third kappa shape index (κ3) is 5.70. The predicted molar refractivity (Wildman–Crippen MR) is 176 cm³/mol. The fraction of sp³-hybridized carbons (Fsp3) is 0.472. The van der Waals surface area contributed by atoms with Crippen LogP contribution in [0.2, 0.25) is 0 Å². The number of quaternary nitrogens is 1. The van der Waals surface area contributed by atoms with Crippen molar-refractivity contribution < 1.29 is 18.0 Å². The van der Waals surface area contributed by atoms with E-state index in [0.717, 1.165) is 32.0 Å². The van der Waals surface area contributed by atoms with Crippen molar-refractivity contribution in [2.45, 2.75) is 70.5 Å². The number of benzene rings is 2. The number of ether oxygens (including phenoxy) is 1. The fourth-order valence-electron chi connectivity index (χ4n) is 7.82. The Bertz CT molecular complexity index is 1730. The van der Waals surface area contributed by atoms with Crippen molar-refractivity contribution >= 4 is 27.5 Å². The molecule has 8 rings (SSSR count). The molecule has 0 radical (unpaired) electrons. The third-order valence-corrected chi connectivity index (χ3v) is 10.0. The van der Waals surface area contributed by atoms with Crippen molar-refractivity contribution in [3.63, 3.8) is 0 Å². The summed E-state index contributed by atoms with van der Waals surface area (Å²) in [6.45, 7) is 8.46. The zero-order valence-electron chi connectivity index (χ0n) is 26.7. The van der Waals surface area contributed by atoms with Gasteiger partial charge in [0.1, 0.15) is 22.8 Å². The number of piperazine rings is 1. The minimum Gasteiger partial charge on any atom is -0.467 e. The summed E-state index contributed by atoms with van der Waals surface area (Å²) in [5.41, 5.74) is 0.635. The van der Waals surface area contributed by atoms with Gasteiger partial charge in [-0.1, -0.05) is 44.0 Å². The van der Waals surface area contributed by atoms with Crippen LogP contribution < -0.4 is 15.0 Å². The number of terminal acetylenes is 1. The number of pyridine rings is 1. The molecule has 4 aromatic rings. The van der Waals surface area contributed by atoms with E-state index in [1.165, 1.54) is 56.4 Å². The molecule has 0 saturated carbocycles. The normalized spacial score (nSPS) is 24.8. The average molecular weight is 614 g/mol. The number of fused-ring (bicyclic) bond motifs is 5. The van der Waals surface area contributed by atoms with Crippen molar-refractivity contribution in [1.29, 1.82) is 0 Å². The van der Waals surface area contributed by atoms with Crippen molar-refractivity contribution in [3.8, 4) is 29.6 Å². The standard InChI is InChI=1S/C26H21F2N5O.C8H16N.C2H6/c1-3-17-20(27)10-7-14-5-4-6-18(21(14)17)23-22(28)24-19(11-29-23)25(32-26(31-24)34-2)33-12-15-8-9-16(13-33)30-15;1-9-6-2-4-8(9)5-3-7-9;1-2/h1,4-7,10-11,15-16,30H,8-9,12-13H2,2H3;8H,2-7H2,1H3;1-2H3/q;+1;. The Hall–Kier alpha value is -3.87. The minimum atomic E-state index is -0.628. The zero-order chi connectivity index (χ0) is 31.7. The lowest BCUT2D eigenvalue weighted by Crippen LogP contribution is -2.51. The lowest BCUT2D eigenvalue weighted by molar-refractivity contribution is -0.908. The number of nitrogens with zero attached hydrogens (tertiary/aromatic N) is 5. The Morgan fingerprint density at radius 3 is 2.36 bits per heavy atom. The largest absolute Gasteiger partial charge is 0.467 e. The second-order valence-corrected chi connectivity index (χ2v) is 12.6. The Kier molecular flexibility index (Phi) is 8.89. The molecule has 2 atom stereocenters. The lowest BCUT2D eigenvalue weighted by atomic mass is 9.96. The van der Waals surface area contributed by atoms with Gasteiger partial charge in [-0.3, -0.25) is 4.98 Å². The van der Waals surface area contributed by atoms with Crippen LogP contribution in [0.3, 0.4) is 0 Å². The topological polar surface area (TPSA) is 63.2 Å². The van der Waals surface area contributed by atoms with Gasteiger partial charge in [0.2, 0.25) is 0 Å². The fourth-order valence-corrected chi connectivity index (χ4v) is 7.82. The summed E-state index contributed by atoms with van der Waals surface area (Å²) in [7, 11) is 3.89. The van der Waals surface area contributed by atoms with Crippen LogP contribution in [0.5, 0.6) is 6.01 Å². The van der Waals surface area contributed by atoms with E-state index in [4.69, 9.17) is 11.2 Å². The summed E-state index contributed by atoms with van der Waals surface area (Å²) in [4.78, 5) is 15.5. The summed E-state index contributed by atoms with van der Waals surface area (Å²) in [6, 6.07) is 10.1. The van der Waals surface area contributed by atoms with Gasteiger partial charge in [-0.05, 0) is 24.3 Å². The maximum Gasteiger partial charge on any atom is 0.318 e. The highest BCUT2D eigenvalue weighted by Gasteiger charge is 2.41. The van der Waals surface area contributed by atoms with Gasteiger partial charge in [-0.15, -0.1) is 6.42 Å². The monoisotopic (exact) mass is 613 g/mol. The highest BCUT2D eigenvalue weighted by atomic mass is 19.1. The van der Waals surface area contributed by atoms with Gasteiger partial charge in [0.25, 0.3) is 0 Å². The van der Waals surface area contributed by atoms with Gasteiger partial charge in [0, 0.05) is 68.0 Å². The number of rotatable bonds is 3. The van der Waals surface area contributed by atoms with Crippen LogP contribution in [0.15, 0.2) is 36.5 Å². The molecule has 4 fully saturated rings. The first-order valence-corrected chi connectivity index (χ1v) is 16.3. The van der Waals surface area contributed by atoms with Gasteiger partial charge >= 0.3 is 6.01 Å². The lowest BCUT2D eigenvalue weighted by Gasteiger charge is -2.34. The van der Waals surface area contributed by atoms with Crippen LogP contribution in [0.1, 0.15) is 57.9 Å². The highest BCUT2D eigenvalue weighted by Crippen LogP contribution is 2.37. The van der Waals surface area contributed by atoms with Crippen LogP contribution in [0.25, 0.3) is 32.9 Å². The highest BCUT2D eigenvalue weighted by molar-refractivity contribution is 6.02. The van der Waals surface area contributed by atoms with Crippen LogP contribution in [0.4, 0.5) is 14.6 Å². The molecule has 4 aliphatic heterocycles. The SMILES string of the molecule is C#Cc1c(F)ccc2cccc(-c3ncc4c(N5CC6CCC(C5)N6)nc(OC)nc4c3F)c12.CC.C[N+]12CCCC1CCC2. The number of hydrogen-bond acceptors (Lipinski definition) is 6. The maximum atomic E-state index is 16.1. The summed E-state index contributed by atoms with van der Waals surface area (Å²) in [6.07, 6.45) is 15.4. The van der Waals surface area contributed by atoms with Crippen molar-refractivity contribution in [1.82, 2.24) is 20.3 Å². The van der Waals surface area contributed by atoms with E-state index < -0.39 is 11.6 Å². The molecule has 9 heteroatoms. The summed E-state index contributed by atoms with van der Waals surface area (Å²) in [5.74, 6) is 1.84. The molecular weight excluding hydrogens is 570 g/mol. The number of methoxy groups -OCH3 is 1. The summed E-state index contributed by atoms with van der Waals surface area (Å²) < 4.78 is 37.3. The molecule has 2 aromatic heterocycles. The Morgan fingerprint density at radius 2 is 1.71 bits per heavy atom. The van der Waals surface area contributed by atoms with Gasteiger partial charge in [-0.2, -0.15) is 9.97 Å². The smallest absolute Gasteiger partial charge is 0.318 e. The molecule has 2 unspecified atom stereocenters. The van der Waals surface area contributed by atoms with Crippen molar-refractivity contribution in [2.75, 3.05) is 45.2 Å². The molecule has 6 heterocycles. The second kappa shape index (κ2) is 12.9. The predicted octanol–water partition coefficient (Wildman–Crippen LogP) is 6.47. The Balaban J connectivity index is 0.000000275. The Morgan fingerprint density at radius 1 is 1.00 bits per heavy atom. The molecule has 236 valence electrons. The van der Waals surface area contributed by atoms with Gasteiger partial charge in [0.15, 0.2) is 5.82 Å². The molecule has 0 aliphatic carbocycles. The van der Waals surface area contributed by atoms with Gasteiger partial charge in [0.05, 0.1) is 44.2 Å². The van der Waals surface area contributed by atoms with Crippen LogP contribution in [-0.2, 0) is 0 Å². The second-order valence-electron chi connectivity index (χ2n) is 12.6. The molecule has 0 amide bonds. The van der Waals surface area contributed by atoms with Crippen molar-refractivity contribution in [2.24, 2.45) is 0 Å². The van der Waals surface area contributed by atoms with E-state index in [2.05, 4.69) is 38.1 Å². The van der Waals surface area contributed by atoms with E-state index in [1.54, 1.807) is 30.5 Å².